The highest BCUT2D eigenvalue weighted by Crippen LogP contribution is 2.15. The summed E-state index contributed by atoms with van der Waals surface area (Å²) >= 11 is 0. The maximum absolute atomic E-state index is 12.1. The molecule has 2 aromatic rings. The normalized spacial score (nSPS) is 12.2. The molecular formula is C17H23N3O. The molecule has 0 spiro atoms. The number of aromatic nitrogens is 2. The number of hydrogen-bond donors (Lipinski definition) is 1. The smallest absolute Gasteiger partial charge is 0.220 e. The third-order valence-electron chi connectivity index (χ3n) is 3.94. The van der Waals surface area contributed by atoms with E-state index in [1.807, 2.05) is 62.8 Å². The van der Waals surface area contributed by atoms with E-state index in [4.69, 9.17) is 0 Å². The number of benzene rings is 1. The predicted molar refractivity (Wildman–Crippen MR) is 84.0 cm³/mol. The number of nitrogens with one attached hydrogen (secondary N) is 1. The Bertz CT molecular complexity index is 616. The number of rotatable bonds is 5. The van der Waals surface area contributed by atoms with Crippen molar-refractivity contribution < 1.29 is 4.79 Å². The van der Waals surface area contributed by atoms with Crippen molar-refractivity contribution in [2.24, 2.45) is 7.05 Å². The van der Waals surface area contributed by atoms with Crippen LogP contribution in [0.15, 0.2) is 30.3 Å². The molecule has 0 saturated carbocycles. The number of nitrogens with zero attached hydrogens (tertiary/aromatic N) is 2. The average Bonchev–Trinajstić information content (AvgIpc) is 2.71. The lowest BCUT2D eigenvalue weighted by Gasteiger charge is -2.14. The molecule has 1 aromatic carbocycles. The van der Waals surface area contributed by atoms with E-state index in [1.54, 1.807) is 0 Å². The predicted octanol–water partition coefficient (Wildman–Crippen LogP) is 2.85. The van der Waals surface area contributed by atoms with Crippen LogP contribution in [0.4, 0.5) is 0 Å². The molecule has 0 radical (unpaired) electrons. The molecule has 1 atom stereocenters. The fourth-order valence-electron chi connectivity index (χ4n) is 2.56. The third-order valence-corrected chi connectivity index (χ3v) is 3.94. The minimum absolute atomic E-state index is 0.0368. The van der Waals surface area contributed by atoms with Gasteiger partial charge in [-0.15, -0.1) is 0 Å². The summed E-state index contributed by atoms with van der Waals surface area (Å²) in [6, 6.07) is 10.0. The van der Waals surface area contributed by atoms with Gasteiger partial charge >= 0.3 is 0 Å². The van der Waals surface area contributed by atoms with Crippen molar-refractivity contribution in [3.63, 3.8) is 0 Å². The van der Waals surface area contributed by atoms with E-state index >= 15 is 0 Å². The number of carbonyl (C=O) groups excluding carboxylic acids is 1. The van der Waals surface area contributed by atoms with Gasteiger partial charge in [0.2, 0.25) is 5.91 Å². The van der Waals surface area contributed by atoms with Gasteiger partial charge in [0, 0.05) is 19.2 Å². The SMILES string of the molecule is Cc1nn(C)c(C)c1CCC(=O)N[C@H](C)c1ccccc1. The lowest BCUT2D eigenvalue weighted by Crippen LogP contribution is -2.26. The summed E-state index contributed by atoms with van der Waals surface area (Å²) in [6.45, 7) is 6.04. The van der Waals surface area contributed by atoms with Crippen LogP contribution in [0.5, 0.6) is 0 Å². The van der Waals surface area contributed by atoms with E-state index in [0.717, 1.165) is 23.4 Å². The molecule has 1 N–H and O–H groups in total. The van der Waals surface area contributed by atoms with E-state index in [0.29, 0.717) is 6.42 Å². The summed E-state index contributed by atoms with van der Waals surface area (Å²) in [7, 11) is 1.93. The number of hydrogen-bond acceptors (Lipinski definition) is 2. The molecule has 0 aliphatic rings. The van der Waals surface area contributed by atoms with Crippen molar-refractivity contribution in [1.29, 1.82) is 0 Å². The standard InChI is InChI=1S/C17H23N3O/c1-12(15-8-6-5-7-9-15)18-17(21)11-10-16-13(2)19-20(4)14(16)3/h5-9,12H,10-11H2,1-4H3,(H,18,21)/t12-/m1/s1. The molecular weight excluding hydrogens is 262 g/mol. The second kappa shape index (κ2) is 6.57. The summed E-state index contributed by atoms with van der Waals surface area (Å²) in [5, 5.41) is 7.43. The van der Waals surface area contributed by atoms with Gasteiger partial charge in [0.15, 0.2) is 0 Å². The second-order valence-electron chi connectivity index (χ2n) is 5.47. The van der Waals surface area contributed by atoms with Crippen LogP contribution in [0.3, 0.4) is 0 Å². The molecule has 1 amide bonds. The molecule has 4 nitrogen and oxygen atoms in total. The number of amides is 1. The van der Waals surface area contributed by atoms with E-state index < -0.39 is 0 Å². The van der Waals surface area contributed by atoms with Gasteiger partial charge in [0.05, 0.1) is 11.7 Å². The Kier molecular flexibility index (Phi) is 4.78. The Hall–Kier alpha value is -2.10. The highest BCUT2D eigenvalue weighted by Gasteiger charge is 2.13. The van der Waals surface area contributed by atoms with Crippen molar-refractivity contribution in [3.05, 3.63) is 52.8 Å². The van der Waals surface area contributed by atoms with Gasteiger partial charge < -0.3 is 5.32 Å². The highest BCUT2D eigenvalue weighted by molar-refractivity contribution is 5.76. The molecule has 1 aromatic heterocycles. The molecule has 0 aliphatic heterocycles. The van der Waals surface area contributed by atoms with Crippen LogP contribution < -0.4 is 5.32 Å². The third kappa shape index (κ3) is 3.72. The summed E-state index contributed by atoms with van der Waals surface area (Å²) in [4.78, 5) is 12.1. The molecule has 1 heterocycles. The quantitative estimate of drug-likeness (QED) is 0.918. The van der Waals surface area contributed by atoms with Crippen molar-refractivity contribution in [1.82, 2.24) is 15.1 Å². The van der Waals surface area contributed by atoms with E-state index in [9.17, 15) is 4.79 Å². The maximum atomic E-state index is 12.1. The van der Waals surface area contributed by atoms with E-state index in [1.165, 1.54) is 5.56 Å². The first-order chi connectivity index (χ1) is 9.99. The van der Waals surface area contributed by atoms with Crippen molar-refractivity contribution >= 4 is 5.91 Å². The molecule has 21 heavy (non-hydrogen) atoms. The largest absolute Gasteiger partial charge is 0.350 e. The summed E-state index contributed by atoms with van der Waals surface area (Å²) < 4.78 is 1.87. The van der Waals surface area contributed by atoms with Crippen LogP contribution >= 0.6 is 0 Å². The van der Waals surface area contributed by atoms with E-state index in [2.05, 4.69) is 10.4 Å². The monoisotopic (exact) mass is 285 g/mol. The Morgan fingerprint density at radius 2 is 1.95 bits per heavy atom. The zero-order valence-electron chi connectivity index (χ0n) is 13.2. The first-order valence-electron chi connectivity index (χ1n) is 7.32. The Morgan fingerprint density at radius 1 is 1.29 bits per heavy atom. The van der Waals surface area contributed by atoms with Gasteiger partial charge in [-0.1, -0.05) is 30.3 Å². The van der Waals surface area contributed by atoms with Gasteiger partial charge in [-0.25, -0.2) is 0 Å². The highest BCUT2D eigenvalue weighted by atomic mass is 16.1. The molecule has 0 unspecified atom stereocenters. The van der Waals surface area contributed by atoms with E-state index in [-0.39, 0.29) is 11.9 Å². The van der Waals surface area contributed by atoms with Crippen LogP contribution in [-0.4, -0.2) is 15.7 Å². The Morgan fingerprint density at radius 3 is 2.52 bits per heavy atom. The zero-order chi connectivity index (χ0) is 15.4. The second-order valence-corrected chi connectivity index (χ2v) is 5.47. The van der Waals surface area contributed by atoms with Crippen LogP contribution in [0.1, 0.15) is 41.9 Å². The van der Waals surface area contributed by atoms with Crippen molar-refractivity contribution in [2.75, 3.05) is 0 Å². The molecule has 0 saturated heterocycles. The Labute approximate surface area is 126 Å². The van der Waals surface area contributed by atoms with Crippen LogP contribution in [-0.2, 0) is 18.3 Å². The van der Waals surface area contributed by atoms with Crippen LogP contribution in [0.2, 0.25) is 0 Å². The fraction of sp³-hybridized carbons (Fsp3) is 0.412. The average molecular weight is 285 g/mol. The molecule has 2 rings (SSSR count). The summed E-state index contributed by atoms with van der Waals surface area (Å²) in [5.74, 6) is 0.0778. The lowest BCUT2D eigenvalue weighted by atomic mass is 10.1. The van der Waals surface area contributed by atoms with Crippen molar-refractivity contribution in [3.8, 4) is 0 Å². The topological polar surface area (TPSA) is 46.9 Å². The lowest BCUT2D eigenvalue weighted by molar-refractivity contribution is -0.121. The molecule has 0 fully saturated rings. The minimum atomic E-state index is 0.0368. The molecule has 0 aliphatic carbocycles. The first kappa shape index (κ1) is 15.3. The van der Waals surface area contributed by atoms with Crippen LogP contribution in [0.25, 0.3) is 0 Å². The van der Waals surface area contributed by atoms with Gasteiger partial charge in [0.1, 0.15) is 0 Å². The van der Waals surface area contributed by atoms with Gasteiger partial charge in [0.25, 0.3) is 0 Å². The molecule has 4 heteroatoms. The van der Waals surface area contributed by atoms with Gasteiger partial charge in [-0.2, -0.15) is 5.10 Å². The first-order valence-corrected chi connectivity index (χ1v) is 7.32. The van der Waals surface area contributed by atoms with Gasteiger partial charge in [-0.05, 0) is 38.3 Å². The Balaban J connectivity index is 1.91. The van der Waals surface area contributed by atoms with Gasteiger partial charge in [-0.3, -0.25) is 9.48 Å². The summed E-state index contributed by atoms with van der Waals surface area (Å²) in [5.41, 5.74) is 4.45. The maximum Gasteiger partial charge on any atom is 0.220 e. The molecule has 112 valence electrons. The zero-order valence-corrected chi connectivity index (χ0v) is 13.2. The minimum Gasteiger partial charge on any atom is -0.350 e. The van der Waals surface area contributed by atoms with Crippen molar-refractivity contribution in [2.45, 2.75) is 39.7 Å². The summed E-state index contributed by atoms with van der Waals surface area (Å²) in [6.07, 6.45) is 1.23. The number of carbonyl (C=O) groups is 1. The van der Waals surface area contributed by atoms with Crippen LogP contribution in [0, 0.1) is 13.8 Å². The number of aryl methyl sites for hydroxylation is 2. The molecule has 0 bridgehead atoms. The fourth-order valence-corrected chi connectivity index (χ4v) is 2.56.